The predicted octanol–water partition coefficient (Wildman–Crippen LogP) is 5.97. The molecular weight excluding hydrogens is 482 g/mol. The third-order valence-corrected chi connectivity index (χ3v) is 10.2. The Hall–Kier alpha value is -2.06. The maximum absolute atomic E-state index is 13.2. The van der Waals surface area contributed by atoms with Crippen LogP contribution in [0, 0.1) is 12.8 Å². The number of piperidine rings is 1. The number of ketones is 1. The van der Waals surface area contributed by atoms with Crippen molar-refractivity contribution in [1.29, 1.82) is 0 Å². The quantitative estimate of drug-likeness (QED) is 0.408. The van der Waals surface area contributed by atoms with E-state index in [9.17, 15) is 9.59 Å². The summed E-state index contributed by atoms with van der Waals surface area (Å²) in [5, 5.41) is 12.3. The summed E-state index contributed by atoms with van der Waals surface area (Å²) >= 11 is 1.55. The minimum atomic E-state index is -0.0303. The molecule has 0 spiro atoms. The molecule has 7 nitrogen and oxygen atoms in total. The molecule has 202 valence electrons. The van der Waals surface area contributed by atoms with Gasteiger partial charge in [0.2, 0.25) is 5.91 Å². The van der Waals surface area contributed by atoms with Crippen LogP contribution in [0.1, 0.15) is 129 Å². The first-order valence-corrected chi connectivity index (χ1v) is 15.2. The molecule has 2 saturated heterocycles. The van der Waals surface area contributed by atoms with Crippen LogP contribution in [0.5, 0.6) is 0 Å². The van der Waals surface area contributed by atoms with Gasteiger partial charge in [-0.25, -0.2) is 0 Å². The zero-order valence-electron chi connectivity index (χ0n) is 22.9. The summed E-state index contributed by atoms with van der Waals surface area (Å²) in [6.07, 6.45) is 11.2. The summed E-state index contributed by atoms with van der Waals surface area (Å²) in [7, 11) is 0. The smallest absolute Gasteiger partial charge is 0.223 e. The van der Waals surface area contributed by atoms with Gasteiger partial charge in [0.25, 0.3) is 0 Å². The number of carbonyl (C=O) groups is 2. The number of aryl methyl sites for hydroxylation is 1. The van der Waals surface area contributed by atoms with Crippen molar-refractivity contribution >= 4 is 23.0 Å². The highest BCUT2D eigenvalue weighted by Crippen LogP contribution is 2.42. The fraction of sp³-hybridized carbons (Fsp3) is 0.724. The Morgan fingerprint density at radius 1 is 1.03 bits per heavy atom. The first-order chi connectivity index (χ1) is 17.8. The lowest BCUT2D eigenvalue weighted by molar-refractivity contribution is -0.126. The van der Waals surface area contributed by atoms with Gasteiger partial charge in [-0.3, -0.25) is 14.5 Å². The van der Waals surface area contributed by atoms with Crippen molar-refractivity contribution in [2.24, 2.45) is 5.92 Å². The molecule has 3 atom stereocenters. The van der Waals surface area contributed by atoms with Gasteiger partial charge >= 0.3 is 0 Å². The van der Waals surface area contributed by atoms with Crippen LogP contribution in [0.4, 0.5) is 0 Å². The molecule has 2 aromatic heterocycles. The molecule has 0 radical (unpaired) electrons. The average molecular weight is 526 g/mol. The molecule has 0 aromatic carbocycles. The van der Waals surface area contributed by atoms with Gasteiger partial charge in [0.15, 0.2) is 5.78 Å². The van der Waals surface area contributed by atoms with Gasteiger partial charge in [-0.15, -0.1) is 21.5 Å². The second kappa shape index (κ2) is 11.4. The third-order valence-electron chi connectivity index (χ3n) is 8.92. The Balaban J connectivity index is 1.27. The first kappa shape index (κ1) is 26.5. The minimum absolute atomic E-state index is 0.0303. The number of hydrogen-bond acceptors (Lipinski definition) is 6. The van der Waals surface area contributed by atoms with E-state index in [1.54, 1.807) is 18.3 Å². The summed E-state index contributed by atoms with van der Waals surface area (Å²) in [6, 6.07) is 5.55. The van der Waals surface area contributed by atoms with Crippen molar-refractivity contribution < 1.29 is 9.59 Å². The summed E-state index contributed by atoms with van der Waals surface area (Å²) in [6.45, 7) is 9.09. The largest absolute Gasteiger partial charge is 0.348 e. The average Bonchev–Trinajstić information content (AvgIpc) is 3.58. The fourth-order valence-electron chi connectivity index (χ4n) is 7.00. The molecule has 2 aliphatic heterocycles. The number of carbonyl (C=O) groups excluding carboxylic acids is 2. The van der Waals surface area contributed by atoms with Crippen LogP contribution in [-0.4, -0.2) is 50.0 Å². The van der Waals surface area contributed by atoms with Crippen LogP contribution in [0.3, 0.4) is 0 Å². The number of Topliss-reactive ketones (excluding diaryl/α,β-unsaturated/α-hetero) is 1. The number of aromatic nitrogens is 3. The van der Waals surface area contributed by atoms with E-state index >= 15 is 0 Å². The summed E-state index contributed by atoms with van der Waals surface area (Å²) in [4.78, 5) is 29.8. The molecule has 8 heteroatoms. The highest BCUT2D eigenvalue weighted by molar-refractivity contribution is 7.14. The second-order valence-corrected chi connectivity index (χ2v) is 12.9. The Labute approximate surface area is 225 Å². The van der Waals surface area contributed by atoms with E-state index in [0.29, 0.717) is 24.0 Å². The van der Waals surface area contributed by atoms with Crippen LogP contribution < -0.4 is 5.32 Å². The maximum atomic E-state index is 13.2. The van der Waals surface area contributed by atoms with Crippen molar-refractivity contribution in [3.8, 4) is 0 Å². The Morgan fingerprint density at radius 2 is 1.73 bits per heavy atom. The molecule has 1 saturated carbocycles. The van der Waals surface area contributed by atoms with Gasteiger partial charge in [0.05, 0.1) is 10.9 Å². The first-order valence-electron chi connectivity index (χ1n) is 14.4. The van der Waals surface area contributed by atoms with E-state index in [1.165, 1.54) is 19.3 Å². The summed E-state index contributed by atoms with van der Waals surface area (Å²) < 4.78 is 2.41. The molecule has 1 amide bonds. The highest BCUT2D eigenvalue weighted by Gasteiger charge is 2.42. The predicted molar refractivity (Wildman–Crippen MR) is 147 cm³/mol. The van der Waals surface area contributed by atoms with E-state index in [1.807, 2.05) is 6.07 Å². The van der Waals surface area contributed by atoms with E-state index in [4.69, 9.17) is 0 Å². The number of thiophene rings is 1. The van der Waals surface area contributed by atoms with Crippen LogP contribution in [0.2, 0.25) is 0 Å². The number of rotatable bonds is 9. The molecule has 2 aromatic rings. The van der Waals surface area contributed by atoms with Crippen molar-refractivity contribution in [2.75, 3.05) is 6.54 Å². The van der Waals surface area contributed by atoms with Crippen molar-refractivity contribution in [2.45, 2.75) is 122 Å². The lowest BCUT2D eigenvalue weighted by atomic mass is 9.88. The zero-order valence-corrected chi connectivity index (χ0v) is 23.7. The number of amides is 1. The van der Waals surface area contributed by atoms with Crippen molar-refractivity contribution in [3.63, 3.8) is 0 Å². The van der Waals surface area contributed by atoms with Gasteiger partial charge < -0.3 is 9.88 Å². The van der Waals surface area contributed by atoms with E-state index in [0.717, 1.165) is 72.9 Å². The summed E-state index contributed by atoms with van der Waals surface area (Å²) in [5.41, 5.74) is 0. The topological polar surface area (TPSA) is 80.1 Å². The fourth-order valence-corrected chi connectivity index (χ4v) is 7.99. The van der Waals surface area contributed by atoms with Gasteiger partial charge in [-0.05, 0) is 70.9 Å². The molecule has 3 aliphatic rings. The number of fused-ring (bicyclic) bond motifs is 2. The van der Waals surface area contributed by atoms with Gasteiger partial charge in [0.1, 0.15) is 11.6 Å². The Bertz CT molecular complexity index is 1090. The van der Waals surface area contributed by atoms with Gasteiger partial charge in [-0.2, -0.15) is 0 Å². The van der Waals surface area contributed by atoms with Crippen LogP contribution in [-0.2, 0) is 4.79 Å². The lowest BCUT2D eigenvalue weighted by Gasteiger charge is -2.40. The molecule has 4 heterocycles. The zero-order chi connectivity index (χ0) is 26.1. The van der Waals surface area contributed by atoms with Crippen molar-refractivity contribution in [3.05, 3.63) is 33.5 Å². The minimum Gasteiger partial charge on any atom is -0.348 e. The molecule has 3 fully saturated rings. The van der Waals surface area contributed by atoms with Crippen molar-refractivity contribution in [1.82, 2.24) is 25.0 Å². The Morgan fingerprint density at radius 3 is 2.35 bits per heavy atom. The van der Waals surface area contributed by atoms with Gasteiger partial charge in [-0.1, -0.05) is 33.1 Å². The third kappa shape index (κ3) is 5.70. The molecule has 1 aliphatic carbocycles. The molecule has 37 heavy (non-hydrogen) atoms. The standard InChI is InChI=1S/C29H43N5O2S/c1-18(2)28-32-31-20(4)34(28)24-16-22-10-11-23(17-24)33(22)15-14-25(27-13-12-26(37-27)19(3)35)30-29(36)21-8-6-5-7-9-21/h12-13,18,21-25H,5-11,14-17H2,1-4H3,(H,30,36)/t22?,23?,24?,25-/m0/s1. The maximum Gasteiger partial charge on any atom is 0.223 e. The molecule has 2 unspecified atom stereocenters. The molecule has 2 bridgehead atoms. The summed E-state index contributed by atoms with van der Waals surface area (Å²) in [5.74, 6) is 2.95. The lowest BCUT2D eigenvalue weighted by Crippen LogP contribution is -2.45. The van der Waals surface area contributed by atoms with E-state index < -0.39 is 0 Å². The number of hydrogen-bond donors (Lipinski definition) is 1. The van der Waals surface area contributed by atoms with Crippen LogP contribution in [0.25, 0.3) is 0 Å². The Kier molecular flexibility index (Phi) is 8.15. The van der Waals surface area contributed by atoms with Crippen LogP contribution in [0.15, 0.2) is 12.1 Å². The van der Waals surface area contributed by atoms with E-state index in [-0.39, 0.29) is 23.7 Å². The highest BCUT2D eigenvalue weighted by atomic mass is 32.1. The molecule has 1 N–H and O–H groups in total. The number of nitrogens with one attached hydrogen (secondary N) is 1. The molecular formula is C29H43N5O2S. The monoisotopic (exact) mass is 525 g/mol. The SMILES string of the molecule is CC(=O)c1ccc([C@H](CCN2C3CCC2CC(n2c(C)nnc2C(C)C)C3)NC(=O)C2CCCCC2)s1. The number of nitrogens with zero attached hydrogens (tertiary/aromatic N) is 4. The molecule has 5 rings (SSSR count). The van der Waals surface area contributed by atoms with E-state index in [2.05, 4.69) is 51.8 Å². The normalized spacial score (nSPS) is 25.5. The van der Waals surface area contributed by atoms with Crippen LogP contribution >= 0.6 is 11.3 Å². The second-order valence-electron chi connectivity index (χ2n) is 11.8. The van der Waals surface area contributed by atoms with Gasteiger partial charge in [0, 0.05) is 41.4 Å².